The number of halogens is 1. The van der Waals surface area contributed by atoms with Gasteiger partial charge < -0.3 is 0 Å². The van der Waals surface area contributed by atoms with Crippen molar-refractivity contribution in [3.63, 3.8) is 0 Å². The zero-order valence-electron chi connectivity index (χ0n) is 14.1. The van der Waals surface area contributed by atoms with Crippen LogP contribution in [0.3, 0.4) is 0 Å². The van der Waals surface area contributed by atoms with Gasteiger partial charge in [-0.1, -0.05) is 60.0 Å². The van der Waals surface area contributed by atoms with Crippen molar-refractivity contribution in [2.45, 2.75) is 32.6 Å². The summed E-state index contributed by atoms with van der Waals surface area (Å²) in [6, 6.07) is 16.2. The van der Waals surface area contributed by atoms with E-state index in [2.05, 4.69) is 28.9 Å². The maximum atomic E-state index is 4.85. The topological polar surface area (TPSA) is 43.1 Å². The highest BCUT2D eigenvalue weighted by Gasteiger charge is 2.14. The van der Waals surface area contributed by atoms with E-state index in [-0.39, 0.29) is 0 Å². The Balaban J connectivity index is 1.89. The molecule has 0 aliphatic carbocycles. The van der Waals surface area contributed by atoms with Crippen molar-refractivity contribution in [3.8, 4) is 11.4 Å². The molecule has 4 nitrogen and oxygen atoms in total. The average molecular weight is 395 g/mol. The lowest BCUT2D eigenvalue weighted by Gasteiger charge is -2.06. The molecule has 0 atom stereocenters. The fraction of sp³-hybridized carbons (Fsp3) is 0.250. The van der Waals surface area contributed by atoms with E-state index < -0.39 is 0 Å². The van der Waals surface area contributed by atoms with Gasteiger partial charge in [0.05, 0.1) is 5.52 Å². The van der Waals surface area contributed by atoms with Gasteiger partial charge in [0.2, 0.25) is 0 Å². The molecule has 0 fully saturated rings. The van der Waals surface area contributed by atoms with Crippen LogP contribution in [0.1, 0.15) is 32.0 Å². The molecule has 0 aliphatic rings. The van der Waals surface area contributed by atoms with Gasteiger partial charge in [0.15, 0.2) is 11.5 Å². The Hall–Kier alpha value is -2.27. The van der Waals surface area contributed by atoms with E-state index >= 15 is 0 Å². The third-order valence-electron chi connectivity index (χ3n) is 4.35. The minimum absolute atomic E-state index is 0.738. The predicted molar refractivity (Wildman–Crippen MR) is 105 cm³/mol. The molecule has 2 aromatic heterocycles. The highest BCUT2D eigenvalue weighted by atomic mass is 79.9. The zero-order chi connectivity index (χ0) is 17.2. The van der Waals surface area contributed by atoms with Crippen LogP contribution in [0.2, 0.25) is 0 Å². The van der Waals surface area contributed by atoms with Crippen molar-refractivity contribution in [1.29, 1.82) is 0 Å². The molecular formula is C20H19BrN4. The molecule has 0 saturated carbocycles. The minimum Gasteiger partial charge on any atom is -0.233 e. The predicted octanol–water partition coefficient (Wildman–Crippen LogP) is 5.44. The Bertz CT molecular complexity index is 1020. The summed E-state index contributed by atoms with van der Waals surface area (Å²) in [5.74, 6) is 1.72. The van der Waals surface area contributed by atoms with Gasteiger partial charge in [0.25, 0.3) is 0 Å². The number of hydrogen-bond acceptors (Lipinski definition) is 3. The Morgan fingerprint density at radius 3 is 2.56 bits per heavy atom. The number of aromatic nitrogens is 4. The largest absolute Gasteiger partial charge is 0.233 e. The zero-order valence-corrected chi connectivity index (χ0v) is 15.7. The number of fused-ring (bicyclic) bond motifs is 3. The van der Waals surface area contributed by atoms with E-state index in [9.17, 15) is 0 Å². The van der Waals surface area contributed by atoms with Crippen LogP contribution in [-0.2, 0) is 6.42 Å². The van der Waals surface area contributed by atoms with E-state index in [1.165, 1.54) is 12.8 Å². The van der Waals surface area contributed by atoms with Gasteiger partial charge in [0, 0.05) is 21.8 Å². The van der Waals surface area contributed by atoms with Crippen LogP contribution >= 0.6 is 15.9 Å². The van der Waals surface area contributed by atoms with E-state index in [0.29, 0.717) is 0 Å². The first-order valence-electron chi connectivity index (χ1n) is 8.66. The van der Waals surface area contributed by atoms with Gasteiger partial charge in [-0.05, 0) is 30.7 Å². The monoisotopic (exact) mass is 394 g/mol. The van der Waals surface area contributed by atoms with Crippen LogP contribution in [0, 0.1) is 0 Å². The summed E-state index contributed by atoms with van der Waals surface area (Å²) in [5, 5.41) is 5.81. The van der Waals surface area contributed by atoms with Crippen LogP contribution in [0.25, 0.3) is 27.9 Å². The van der Waals surface area contributed by atoms with Crippen molar-refractivity contribution >= 4 is 32.5 Å². The molecule has 0 N–H and O–H groups in total. The molecular weight excluding hydrogens is 376 g/mol. The number of rotatable bonds is 5. The van der Waals surface area contributed by atoms with Crippen molar-refractivity contribution in [2.24, 2.45) is 0 Å². The Kier molecular flexibility index (Phi) is 4.49. The lowest BCUT2D eigenvalue weighted by molar-refractivity contribution is 0.676. The normalized spacial score (nSPS) is 11.4. The molecule has 2 aromatic carbocycles. The number of benzene rings is 2. The van der Waals surface area contributed by atoms with E-state index in [1.807, 2.05) is 47.0 Å². The lowest BCUT2D eigenvalue weighted by atomic mass is 10.2. The number of unbranched alkanes of at least 4 members (excludes halogenated alkanes) is 2. The molecule has 0 radical (unpaired) electrons. The fourth-order valence-electron chi connectivity index (χ4n) is 3.03. The summed E-state index contributed by atoms with van der Waals surface area (Å²) in [6.45, 7) is 2.21. The smallest absolute Gasteiger partial charge is 0.182 e. The molecule has 0 spiro atoms. The van der Waals surface area contributed by atoms with Gasteiger partial charge in [-0.25, -0.2) is 9.97 Å². The first-order chi connectivity index (χ1) is 12.3. The van der Waals surface area contributed by atoms with E-state index in [0.717, 1.165) is 51.1 Å². The molecule has 4 rings (SSSR count). The summed E-state index contributed by atoms with van der Waals surface area (Å²) in [7, 11) is 0. The van der Waals surface area contributed by atoms with Crippen LogP contribution in [0.4, 0.5) is 0 Å². The summed E-state index contributed by atoms with van der Waals surface area (Å²) >= 11 is 3.48. The Morgan fingerprint density at radius 1 is 0.960 bits per heavy atom. The Labute approximate surface area is 155 Å². The minimum atomic E-state index is 0.738. The highest BCUT2D eigenvalue weighted by Crippen LogP contribution is 2.24. The third kappa shape index (κ3) is 3.16. The fourth-order valence-corrected chi connectivity index (χ4v) is 3.29. The molecule has 25 heavy (non-hydrogen) atoms. The summed E-state index contributed by atoms with van der Waals surface area (Å²) in [5.41, 5.74) is 2.88. The van der Waals surface area contributed by atoms with Crippen LogP contribution in [-0.4, -0.2) is 19.6 Å². The Morgan fingerprint density at radius 2 is 1.76 bits per heavy atom. The number of para-hydroxylation sites is 1. The second-order valence-corrected chi connectivity index (χ2v) is 7.10. The SMILES string of the molecule is CCCCCc1nc2ccccc2c2nc(-c3ccc(Br)cc3)nn12. The van der Waals surface area contributed by atoms with Gasteiger partial charge in [-0.2, -0.15) is 4.52 Å². The molecule has 5 heteroatoms. The van der Waals surface area contributed by atoms with Gasteiger partial charge in [-0.3, -0.25) is 0 Å². The maximum absolute atomic E-state index is 4.85. The lowest BCUT2D eigenvalue weighted by Crippen LogP contribution is -2.03. The summed E-state index contributed by atoms with van der Waals surface area (Å²) in [4.78, 5) is 9.68. The second kappa shape index (κ2) is 6.92. The molecule has 0 unspecified atom stereocenters. The van der Waals surface area contributed by atoms with Crippen molar-refractivity contribution in [3.05, 3.63) is 58.8 Å². The number of aryl methyl sites for hydroxylation is 1. The van der Waals surface area contributed by atoms with Crippen LogP contribution in [0.15, 0.2) is 53.0 Å². The first-order valence-corrected chi connectivity index (χ1v) is 9.46. The van der Waals surface area contributed by atoms with E-state index in [1.54, 1.807) is 0 Å². The van der Waals surface area contributed by atoms with Gasteiger partial charge in [0.1, 0.15) is 5.82 Å². The number of nitrogens with zero attached hydrogens (tertiary/aromatic N) is 4. The standard InChI is InChI=1S/C20H19BrN4/c1-2-3-4-9-18-22-17-8-6-5-7-16(17)20-23-19(24-25(18)20)14-10-12-15(21)13-11-14/h5-8,10-13H,2-4,9H2,1H3. The van der Waals surface area contributed by atoms with Gasteiger partial charge >= 0.3 is 0 Å². The molecule has 4 aromatic rings. The first kappa shape index (κ1) is 16.2. The number of hydrogen-bond donors (Lipinski definition) is 0. The van der Waals surface area contributed by atoms with Crippen molar-refractivity contribution < 1.29 is 0 Å². The van der Waals surface area contributed by atoms with Gasteiger partial charge in [-0.15, -0.1) is 5.10 Å². The molecule has 0 aliphatic heterocycles. The second-order valence-electron chi connectivity index (χ2n) is 6.18. The van der Waals surface area contributed by atoms with Crippen LogP contribution in [0.5, 0.6) is 0 Å². The molecule has 126 valence electrons. The van der Waals surface area contributed by atoms with Crippen LogP contribution < -0.4 is 0 Å². The summed E-state index contributed by atoms with van der Waals surface area (Å²) in [6.07, 6.45) is 4.42. The van der Waals surface area contributed by atoms with Crippen molar-refractivity contribution in [2.75, 3.05) is 0 Å². The molecule has 0 bridgehead atoms. The summed E-state index contributed by atoms with van der Waals surface area (Å²) < 4.78 is 2.97. The quantitative estimate of drug-likeness (QED) is 0.423. The molecule has 0 amide bonds. The highest BCUT2D eigenvalue weighted by molar-refractivity contribution is 9.10. The van der Waals surface area contributed by atoms with Crippen molar-refractivity contribution in [1.82, 2.24) is 19.6 Å². The average Bonchev–Trinajstić information content (AvgIpc) is 3.08. The van der Waals surface area contributed by atoms with E-state index in [4.69, 9.17) is 15.1 Å². The third-order valence-corrected chi connectivity index (χ3v) is 4.88. The molecule has 2 heterocycles. The molecule has 0 saturated heterocycles. The maximum Gasteiger partial charge on any atom is 0.182 e.